The van der Waals surface area contributed by atoms with E-state index in [0.717, 1.165) is 16.7 Å². The molecule has 0 saturated carbocycles. The third-order valence-electron chi connectivity index (χ3n) is 3.84. The first-order valence-corrected chi connectivity index (χ1v) is 8.60. The number of hydrogen-bond acceptors (Lipinski definition) is 3. The van der Waals surface area contributed by atoms with Crippen LogP contribution in [0.2, 0.25) is 0 Å². The van der Waals surface area contributed by atoms with Gasteiger partial charge in [-0.15, -0.1) is 0 Å². The summed E-state index contributed by atoms with van der Waals surface area (Å²) in [5.41, 5.74) is 2.49. The number of rotatable bonds is 3. The minimum Gasteiger partial charge on any atom is -0.353 e. The highest BCUT2D eigenvalue weighted by Crippen LogP contribution is 2.27. The Balaban J connectivity index is 2.54. The summed E-state index contributed by atoms with van der Waals surface area (Å²) in [6.07, 6.45) is 0.467. The maximum atomic E-state index is 13.0. The van der Waals surface area contributed by atoms with Gasteiger partial charge in [0.15, 0.2) is 0 Å². The fraction of sp³-hybridized carbons (Fsp3) is 0.533. The summed E-state index contributed by atoms with van der Waals surface area (Å²) < 4.78 is 27.3. The molecule has 21 heavy (non-hydrogen) atoms. The average Bonchev–Trinajstić information content (AvgIpc) is 2.36. The smallest absolute Gasteiger partial charge is 0.244 e. The normalized spacial score (nSPS) is 20.4. The Morgan fingerprint density at radius 2 is 1.81 bits per heavy atom. The van der Waals surface area contributed by atoms with Gasteiger partial charge in [0.1, 0.15) is 6.04 Å². The maximum Gasteiger partial charge on any atom is 0.244 e. The first kappa shape index (κ1) is 16.0. The van der Waals surface area contributed by atoms with Gasteiger partial charge in [0.25, 0.3) is 0 Å². The number of hydrogen-bond donors (Lipinski definition) is 1. The van der Waals surface area contributed by atoms with Crippen LogP contribution in [0, 0.1) is 20.8 Å². The van der Waals surface area contributed by atoms with Crippen LogP contribution in [0.3, 0.4) is 0 Å². The van der Waals surface area contributed by atoms with E-state index < -0.39 is 16.1 Å². The quantitative estimate of drug-likeness (QED) is 0.920. The number of sulfonamides is 1. The van der Waals surface area contributed by atoms with Gasteiger partial charge in [-0.25, -0.2) is 8.42 Å². The third-order valence-corrected chi connectivity index (χ3v) is 6.05. The highest BCUT2D eigenvalue weighted by Gasteiger charge is 2.38. The molecule has 0 bridgehead atoms. The van der Waals surface area contributed by atoms with Gasteiger partial charge in [-0.2, -0.15) is 4.31 Å². The molecule has 0 spiro atoms. The fourth-order valence-electron chi connectivity index (χ4n) is 3.06. The summed E-state index contributed by atoms with van der Waals surface area (Å²) in [5, 5.41) is 2.73. The Bertz CT molecular complexity index is 644. The lowest BCUT2D eigenvalue weighted by Crippen LogP contribution is -2.56. The van der Waals surface area contributed by atoms with Crippen LogP contribution in [0.5, 0.6) is 0 Å². The largest absolute Gasteiger partial charge is 0.353 e. The van der Waals surface area contributed by atoms with E-state index in [2.05, 4.69) is 5.32 Å². The van der Waals surface area contributed by atoms with Gasteiger partial charge in [0.2, 0.25) is 15.9 Å². The van der Waals surface area contributed by atoms with Crippen LogP contribution < -0.4 is 5.32 Å². The molecule has 0 aliphatic carbocycles. The minimum atomic E-state index is -3.66. The summed E-state index contributed by atoms with van der Waals surface area (Å²) in [7, 11) is -3.66. The molecule has 1 aromatic carbocycles. The predicted octanol–water partition coefficient (Wildman–Crippen LogP) is 1.51. The van der Waals surface area contributed by atoms with Gasteiger partial charge in [-0.1, -0.05) is 24.6 Å². The van der Waals surface area contributed by atoms with Gasteiger partial charge >= 0.3 is 0 Å². The van der Waals surface area contributed by atoms with Gasteiger partial charge in [-0.05, 0) is 38.3 Å². The molecule has 1 aliphatic heterocycles. The van der Waals surface area contributed by atoms with Gasteiger partial charge in [-0.3, -0.25) is 4.79 Å². The van der Waals surface area contributed by atoms with Crippen LogP contribution in [0.1, 0.15) is 30.0 Å². The molecule has 1 fully saturated rings. The fourth-order valence-corrected chi connectivity index (χ4v) is 5.14. The number of nitrogens with one attached hydrogen (secondary N) is 1. The Labute approximate surface area is 126 Å². The van der Waals surface area contributed by atoms with E-state index in [1.807, 2.05) is 26.0 Å². The molecule has 1 unspecified atom stereocenters. The molecule has 0 radical (unpaired) electrons. The second-order valence-electron chi connectivity index (χ2n) is 5.56. The van der Waals surface area contributed by atoms with E-state index in [9.17, 15) is 13.2 Å². The second kappa shape index (κ2) is 5.77. The summed E-state index contributed by atoms with van der Waals surface area (Å²) in [4.78, 5) is 12.3. The van der Waals surface area contributed by atoms with Crippen molar-refractivity contribution in [1.29, 1.82) is 0 Å². The Hall–Kier alpha value is -1.40. The number of piperazine rings is 1. The van der Waals surface area contributed by atoms with Crippen molar-refractivity contribution >= 4 is 15.9 Å². The number of amides is 1. The molecular formula is C15H22N2O3S. The molecule has 1 amide bonds. The van der Waals surface area contributed by atoms with Crippen molar-refractivity contribution in [1.82, 2.24) is 9.62 Å². The molecule has 2 rings (SSSR count). The molecule has 5 nitrogen and oxygen atoms in total. The van der Waals surface area contributed by atoms with Crippen LogP contribution in [-0.4, -0.2) is 37.8 Å². The molecule has 1 aliphatic rings. The van der Waals surface area contributed by atoms with Crippen molar-refractivity contribution in [3.63, 3.8) is 0 Å². The van der Waals surface area contributed by atoms with Crippen LogP contribution in [0.25, 0.3) is 0 Å². The van der Waals surface area contributed by atoms with Gasteiger partial charge in [0.05, 0.1) is 4.90 Å². The first-order chi connectivity index (χ1) is 9.78. The molecule has 1 heterocycles. The maximum absolute atomic E-state index is 13.0. The number of carbonyl (C=O) groups excluding carboxylic acids is 1. The number of benzene rings is 1. The van der Waals surface area contributed by atoms with Crippen molar-refractivity contribution in [3.05, 3.63) is 28.8 Å². The van der Waals surface area contributed by atoms with Crippen LogP contribution in [-0.2, 0) is 14.8 Å². The van der Waals surface area contributed by atoms with Crippen LogP contribution >= 0.6 is 0 Å². The van der Waals surface area contributed by atoms with E-state index in [1.54, 1.807) is 13.8 Å². The number of aryl methyl sites for hydroxylation is 3. The van der Waals surface area contributed by atoms with Crippen molar-refractivity contribution in [2.75, 3.05) is 13.1 Å². The van der Waals surface area contributed by atoms with E-state index in [0.29, 0.717) is 24.4 Å². The van der Waals surface area contributed by atoms with E-state index >= 15 is 0 Å². The zero-order chi connectivity index (χ0) is 15.8. The average molecular weight is 310 g/mol. The van der Waals surface area contributed by atoms with Crippen LogP contribution in [0.4, 0.5) is 0 Å². The summed E-state index contributed by atoms with van der Waals surface area (Å²) >= 11 is 0. The lowest BCUT2D eigenvalue weighted by Gasteiger charge is -2.34. The Morgan fingerprint density at radius 3 is 2.33 bits per heavy atom. The Kier molecular flexibility index (Phi) is 4.39. The van der Waals surface area contributed by atoms with E-state index in [4.69, 9.17) is 0 Å². The molecule has 1 N–H and O–H groups in total. The SMILES string of the molecule is CCC1C(=O)NCCN1S(=O)(=O)c1c(C)cc(C)cc1C. The summed E-state index contributed by atoms with van der Waals surface area (Å²) in [5.74, 6) is -0.213. The molecule has 116 valence electrons. The lowest BCUT2D eigenvalue weighted by molar-refractivity contribution is -0.126. The minimum absolute atomic E-state index is 0.213. The van der Waals surface area contributed by atoms with Crippen LogP contribution in [0.15, 0.2) is 17.0 Å². The zero-order valence-electron chi connectivity index (χ0n) is 12.9. The Morgan fingerprint density at radius 1 is 1.24 bits per heavy atom. The summed E-state index contributed by atoms with van der Waals surface area (Å²) in [6, 6.07) is 3.11. The van der Waals surface area contributed by atoms with E-state index in [1.165, 1.54) is 4.31 Å². The van der Waals surface area contributed by atoms with Crippen molar-refractivity contribution in [2.24, 2.45) is 0 Å². The second-order valence-corrected chi connectivity index (χ2v) is 7.39. The third kappa shape index (κ3) is 2.82. The van der Waals surface area contributed by atoms with Crippen molar-refractivity contribution in [2.45, 2.75) is 45.1 Å². The monoisotopic (exact) mass is 310 g/mol. The zero-order valence-corrected chi connectivity index (χ0v) is 13.8. The predicted molar refractivity (Wildman–Crippen MR) is 81.6 cm³/mol. The molecular weight excluding hydrogens is 288 g/mol. The standard InChI is InChI=1S/C15H22N2O3S/c1-5-13-15(18)16-6-7-17(13)21(19,20)14-11(3)8-10(2)9-12(14)4/h8-9,13H,5-7H2,1-4H3,(H,16,18). The van der Waals surface area contributed by atoms with Crippen molar-refractivity contribution in [3.8, 4) is 0 Å². The highest BCUT2D eigenvalue weighted by molar-refractivity contribution is 7.89. The topological polar surface area (TPSA) is 66.5 Å². The highest BCUT2D eigenvalue weighted by atomic mass is 32.2. The molecule has 0 aromatic heterocycles. The molecule has 6 heteroatoms. The first-order valence-electron chi connectivity index (χ1n) is 7.16. The molecule has 1 saturated heterocycles. The lowest BCUT2D eigenvalue weighted by atomic mass is 10.1. The molecule has 1 atom stereocenters. The van der Waals surface area contributed by atoms with Crippen molar-refractivity contribution < 1.29 is 13.2 Å². The van der Waals surface area contributed by atoms with Gasteiger partial charge in [0, 0.05) is 13.1 Å². The summed E-state index contributed by atoms with van der Waals surface area (Å²) in [6.45, 7) is 8.06. The number of carbonyl (C=O) groups is 1. The number of nitrogens with zero attached hydrogens (tertiary/aromatic N) is 1. The van der Waals surface area contributed by atoms with E-state index in [-0.39, 0.29) is 5.91 Å². The molecule has 1 aromatic rings. The van der Waals surface area contributed by atoms with Gasteiger partial charge < -0.3 is 5.32 Å².